The summed E-state index contributed by atoms with van der Waals surface area (Å²) in [6, 6.07) is 12.7. The molecule has 0 fully saturated rings. The normalized spacial score (nSPS) is 10.1. The topological polar surface area (TPSA) is 38.3 Å². The molecule has 0 bridgehead atoms. The molecule has 0 aromatic heterocycles. The SMILES string of the molecule is O=C(NCCOc1ccc(Cl)cc1)c1ccccc1F. The van der Waals surface area contributed by atoms with Crippen molar-refractivity contribution in [2.45, 2.75) is 0 Å². The smallest absolute Gasteiger partial charge is 0.254 e. The summed E-state index contributed by atoms with van der Waals surface area (Å²) in [5, 5.41) is 3.22. The Morgan fingerprint density at radius 2 is 1.85 bits per heavy atom. The van der Waals surface area contributed by atoms with Gasteiger partial charge in [-0.3, -0.25) is 4.79 Å². The van der Waals surface area contributed by atoms with Gasteiger partial charge >= 0.3 is 0 Å². The van der Waals surface area contributed by atoms with Gasteiger partial charge in [-0.25, -0.2) is 4.39 Å². The Bertz CT molecular complexity index is 587. The van der Waals surface area contributed by atoms with Crippen molar-refractivity contribution in [3.63, 3.8) is 0 Å². The first-order valence-corrected chi connectivity index (χ1v) is 6.46. The van der Waals surface area contributed by atoms with E-state index in [9.17, 15) is 9.18 Å². The third-order valence-electron chi connectivity index (χ3n) is 2.59. The summed E-state index contributed by atoms with van der Waals surface area (Å²) in [5.74, 6) is -0.332. The van der Waals surface area contributed by atoms with Crippen LogP contribution in [0.3, 0.4) is 0 Å². The van der Waals surface area contributed by atoms with Crippen LogP contribution in [-0.4, -0.2) is 19.1 Å². The number of benzene rings is 2. The van der Waals surface area contributed by atoms with Crippen LogP contribution in [0, 0.1) is 5.82 Å². The highest BCUT2D eigenvalue weighted by Gasteiger charge is 2.09. The summed E-state index contributed by atoms with van der Waals surface area (Å²) in [6.45, 7) is 0.581. The molecule has 20 heavy (non-hydrogen) atoms. The molecule has 0 aliphatic carbocycles. The number of carbonyl (C=O) groups excluding carboxylic acids is 1. The molecule has 2 aromatic carbocycles. The van der Waals surface area contributed by atoms with Crippen molar-refractivity contribution in [3.05, 3.63) is 64.9 Å². The number of rotatable bonds is 5. The van der Waals surface area contributed by atoms with Gasteiger partial charge in [-0.2, -0.15) is 0 Å². The second-order valence-corrected chi connectivity index (χ2v) is 4.47. The van der Waals surface area contributed by atoms with Crippen LogP contribution in [-0.2, 0) is 0 Å². The average molecular weight is 294 g/mol. The van der Waals surface area contributed by atoms with Crippen LogP contribution in [0.25, 0.3) is 0 Å². The Morgan fingerprint density at radius 1 is 1.15 bits per heavy atom. The second kappa shape index (κ2) is 6.91. The Kier molecular flexibility index (Phi) is 4.96. The minimum absolute atomic E-state index is 0.0268. The van der Waals surface area contributed by atoms with Gasteiger partial charge in [0.25, 0.3) is 5.91 Å². The molecule has 0 spiro atoms. The second-order valence-electron chi connectivity index (χ2n) is 4.04. The van der Waals surface area contributed by atoms with Gasteiger partial charge in [0.05, 0.1) is 12.1 Å². The fourth-order valence-corrected chi connectivity index (χ4v) is 1.73. The van der Waals surface area contributed by atoms with Crippen molar-refractivity contribution >= 4 is 17.5 Å². The zero-order chi connectivity index (χ0) is 14.4. The molecule has 0 unspecified atom stereocenters. The highest BCUT2D eigenvalue weighted by Crippen LogP contribution is 2.15. The molecule has 0 aliphatic rings. The summed E-state index contributed by atoms with van der Waals surface area (Å²) in [4.78, 5) is 11.7. The lowest BCUT2D eigenvalue weighted by atomic mass is 10.2. The van der Waals surface area contributed by atoms with E-state index in [4.69, 9.17) is 16.3 Å². The van der Waals surface area contributed by atoms with E-state index in [2.05, 4.69) is 5.32 Å². The lowest BCUT2D eigenvalue weighted by molar-refractivity contribution is 0.0943. The fourth-order valence-electron chi connectivity index (χ4n) is 1.60. The van der Waals surface area contributed by atoms with Crippen molar-refractivity contribution in [3.8, 4) is 5.75 Å². The molecule has 5 heteroatoms. The number of halogens is 2. The number of ether oxygens (including phenoxy) is 1. The van der Waals surface area contributed by atoms with E-state index in [0.717, 1.165) is 0 Å². The van der Waals surface area contributed by atoms with Gasteiger partial charge in [-0.1, -0.05) is 23.7 Å². The van der Waals surface area contributed by atoms with E-state index in [1.54, 1.807) is 30.3 Å². The van der Waals surface area contributed by atoms with Crippen molar-refractivity contribution in [1.29, 1.82) is 0 Å². The summed E-state index contributed by atoms with van der Waals surface area (Å²) in [7, 11) is 0. The zero-order valence-corrected chi connectivity index (χ0v) is 11.4. The van der Waals surface area contributed by atoms with Crippen molar-refractivity contribution in [2.24, 2.45) is 0 Å². The molecule has 2 aromatic rings. The van der Waals surface area contributed by atoms with Gasteiger partial charge in [0, 0.05) is 5.02 Å². The third kappa shape index (κ3) is 3.96. The molecule has 0 saturated carbocycles. The monoisotopic (exact) mass is 293 g/mol. The lowest BCUT2D eigenvalue weighted by Gasteiger charge is -2.08. The van der Waals surface area contributed by atoms with Crippen LogP contribution < -0.4 is 10.1 Å². The van der Waals surface area contributed by atoms with Crippen LogP contribution in [0.1, 0.15) is 10.4 Å². The fraction of sp³-hybridized carbons (Fsp3) is 0.133. The minimum Gasteiger partial charge on any atom is -0.492 e. The Labute approximate surface area is 121 Å². The average Bonchev–Trinajstić information content (AvgIpc) is 2.46. The van der Waals surface area contributed by atoms with E-state index >= 15 is 0 Å². The predicted octanol–water partition coefficient (Wildman–Crippen LogP) is 3.29. The molecule has 3 nitrogen and oxygen atoms in total. The van der Waals surface area contributed by atoms with E-state index in [1.807, 2.05) is 0 Å². The highest BCUT2D eigenvalue weighted by atomic mass is 35.5. The molecule has 0 radical (unpaired) electrons. The largest absolute Gasteiger partial charge is 0.492 e. The van der Waals surface area contributed by atoms with Crippen LogP contribution in [0.5, 0.6) is 5.75 Å². The molecule has 2 rings (SSSR count). The highest BCUT2D eigenvalue weighted by molar-refractivity contribution is 6.30. The maximum Gasteiger partial charge on any atom is 0.254 e. The number of nitrogens with one attached hydrogen (secondary N) is 1. The van der Waals surface area contributed by atoms with Gasteiger partial charge < -0.3 is 10.1 Å². The third-order valence-corrected chi connectivity index (χ3v) is 2.84. The van der Waals surface area contributed by atoms with Crippen LogP contribution >= 0.6 is 11.6 Å². The van der Waals surface area contributed by atoms with Crippen LogP contribution in [0.15, 0.2) is 48.5 Å². The van der Waals surface area contributed by atoms with Gasteiger partial charge in [-0.05, 0) is 36.4 Å². The Balaban J connectivity index is 1.77. The van der Waals surface area contributed by atoms with E-state index in [1.165, 1.54) is 18.2 Å². The zero-order valence-electron chi connectivity index (χ0n) is 10.6. The predicted molar refractivity (Wildman–Crippen MR) is 75.7 cm³/mol. The Hall–Kier alpha value is -2.07. The molecular formula is C15H13ClFNO2. The first-order valence-electron chi connectivity index (χ1n) is 6.08. The first-order chi connectivity index (χ1) is 9.66. The number of amides is 1. The molecule has 1 N–H and O–H groups in total. The van der Waals surface area contributed by atoms with Crippen LogP contribution in [0.4, 0.5) is 4.39 Å². The van der Waals surface area contributed by atoms with E-state index in [0.29, 0.717) is 17.4 Å². The van der Waals surface area contributed by atoms with Crippen molar-refractivity contribution < 1.29 is 13.9 Å². The number of carbonyl (C=O) groups is 1. The summed E-state index contributed by atoms with van der Waals surface area (Å²) in [6.07, 6.45) is 0. The maximum absolute atomic E-state index is 13.3. The van der Waals surface area contributed by atoms with Gasteiger partial charge in [-0.15, -0.1) is 0 Å². The molecule has 0 saturated heterocycles. The number of hydrogen-bond donors (Lipinski definition) is 1. The van der Waals surface area contributed by atoms with Crippen molar-refractivity contribution in [2.75, 3.05) is 13.2 Å². The van der Waals surface area contributed by atoms with Gasteiger partial charge in [0.2, 0.25) is 0 Å². The van der Waals surface area contributed by atoms with Gasteiger partial charge in [0.1, 0.15) is 18.2 Å². The minimum atomic E-state index is -0.538. The quantitative estimate of drug-likeness (QED) is 0.859. The standard InChI is InChI=1S/C15H13ClFNO2/c16-11-5-7-12(8-6-11)20-10-9-18-15(19)13-3-1-2-4-14(13)17/h1-8H,9-10H2,(H,18,19). The van der Waals surface area contributed by atoms with E-state index < -0.39 is 11.7 Å². The summed E-state index contributed by atoms with van der Waals surface area (Å²) >= 11 is 5.75. The first kappa shape index (κ1) is 14.3. The molecule has 1 amide bonds. The molecule has 0 heterocycles. The Morgan fingerprint density at radius 3 is 2.55 bits per heavy atom. The lowest BCUT2D eigenvalue weighted by Crippen LogP contribution is -2.28. The summed E-state index contributed by atoms with van der Waals surface area (Å²) < 4.78 is 18.8. The molecule has 0 aliphatic heterocycles. The number of hydrogen-bond acceptors (Lipinski definition) is 2. The molecular weight excluding hydrogens is 281 g/mol. The van der Waals surface area contributed by atoms with Crippen LogP contribution in [0.2, 0.25) is 5.02 Å². The molecule has 104 valence electrons. The maximum atomic E-state index is 13.3. The van der Waals surface area contributed by atoms with Crippen molar-refractivity contribution in [1.82, 2.24) is 5.32 Å². The van der Waals surface area contributed by atoms with Gasteiger partial charge in [0.15, 0.2) is 0 Å². The van der Waals surface area contributed by atoms with E-state index in [-0.39, 0.29) is 12.1 Å². The molecule has 0 atom stereocenters. The summed E-state index contributed by atoms with van der Waals surface area (Å²) in [5.41, 5.74) is 0.0268.